The fourth-order valence-corrected chi connectivity index (χ4v) is 2.79. The van der Waals surface area contributed by atoms with Crippen molar-refractivity contribution < 1.29 is 0 Å². The van der Waals surface area contributed by atoms with E-state index in [9.17, 15) is 0 Å². The van der Waals surface area contributed by atoms with Crippen LogP contribution in [0.3, 0.4) is 0 Å². The first kappa shape index (κ1) is 13.8. The molecule has 1 unspecified atom stereocenters. The maximum Gasteiger partial charge on any atom is 0.0991 e. The van der Waals surface area contributed by atoms with E-state index in [1.807, 2.05) is 24.4 Å². The Labute approximate surface area is 125 Å². The highest BCUT2D eigenvalue weighted by Crippen LogP contribution is 2.26. The molecule has 1 aliphatic heterocycles. The van der Waals surface area contributed by atoms with Crippen molar-refractivity contribution in [3.8, 4) is 6.07 Å². The van der Waals surface area contributed by atoms with Crippen LogP contribution in [0.5, 0.6) is 0 Å². The zero-order valence-electron chi connectivity index (χ0n) is 12.4. The van der Waals surface area contributed by atoms with E-state index in [0.717, 1.165) is 29.4 Å². The first-order valence-electron chi connectivity index (χ1n) is 7.40. The third kappa shape index (κ3) is 2.81. The van der Waals surface area contributed by atoms with Gasteiger partial charge in [0.25, 0.3) is 0 Å². The largest absolute Gasteiger partial charge is 0.310 e. The summed E-state index contributed by atoms with van der Waals surface area (Å²) >= 11 is 0. The summed E-state index contributed by atoms with van der Waals surface area (Å²) in [7, 11) is 0. The molecule has 3 rings (SSSR count). The summed E-state index contributed by atoms with van der Waals surface area (Å²) in [5.74, 6) is 0.611. The Morgan fingerprint density at radius 2 is 2.14 bits per heavy atom. The van der Waals surface area contributed by atoms with Gasteiger partial charge in [-0.25, -0.2) is 0 Å². The van der Waals surface area contributed by atoms with Gasteiger partial charge in [0.05, 0.1) is 17.3 Å². The molecule has 1 aromatic heterocycles. The molecule has 3 nitrogen and oxygen atoms in total. The van der Waals surface area contributed by atoms with Gasteiger partial charge in [-0.15, -0.1) is 0 Å². The molecular formula is C18H19N3. The van der Waals surface area contributed by atoms with E-state index >= 15 is 0 Å². The molecule has 0 radical (unpaired) electrons. The number of nitrogens with zero attached hydrogens (tertiary/aromatic N) is 2. The molecule has 0 saturated heterocycles. The quantitative estimate of drug-likeness (QED) is 0.914. The molecule has 0 spiro atoms. The number of aromatic nitrogens is 1. The van der Waals surface area contributed by atoms with E-state index in [1.165, 1.54) is 5.57 Å². The summed E-state index contributed by atoms with van der Waals surface area (Å²) in [5, 5.41) is 14.7. The number of nitriles is 1. The molecule has 0 amide bonds. The number of hydrogen-bond acceptors (Lipinski definition) is 3. The van der Waals surface area contributed by atoms with Crippen molar-refractivity contribution in [3.05, 3.63) is 47.8 Å². The Balaban J connectivity index is 1.97. The zero-order valence-corrected chi connectivity index (χ0v) is 12.4. The minimum atomic E-state index is 0.507. The Kier molecular flexibility index (Phi) is 3.72. The van der Waals surface area contributed by atoms with Crippen LogP contribution < -0.4 is 5.32 Å². The van der Waals surface area contributed by atoms with Crippen LogP contribution >= 0.6 is 0 Å². The molecule has 3 heteroatoms. The van der Waals surface area contributed by atoms with Gasteiger partial charge in [0.1, 0.15) is 0 Å². The van der Waals surface area contributed by atoms with E-state index < -0.39 is 0 Å². The molecule has 0 bridgehead atoms. The summed E-state index contributed by atoms with van der Waals surface area (Å²) in [4.78, 5) is 4.60. The molecule has 2 heterocycles. The Bertz CT molecular complexity index is 738. The van der Waals surface area contributed by atoms with Crippen molar-refractivity contribution in [1.82, 2.24) is 10.3 Å². The van der Waals surface area contributed by atoms with Crippen molar-refractivity contribution in [2.24, 2.45) is 5.92 Å². The minimum absolute atomic E-state index is 0.507. The van der Waals surface area contributed by atoms with Gasteiger partial charge in [0.15, 0.2) is 0 Å². The normalized spacial score (nSPS) is 18.6. The van der Waals surface area contributed by atoms with Crippen molar-refractivity contribution in [2.75, 3.05) is 6.54 Å². The summed E-state index contributed by atoms with van der Waals surface area (Å²) in [5.41, 5.74) is 3.03. The highest BCUT2D eigenvalue weighted by molar-refractivity contribution is 5.85. The third-order valence-corrected chi connectivity index (χ3v) is 4.15. The standard InChI is InChI=1S/C18H19N3/c1-12(2)17-8-14(5-6-20-17)18-9-16-7-13(10-19)3-4-15(16)11-21-18/h3-5,7,9,11-12,17,20H,6,8H2,1-2H3. The topological polar surface area (TPSA) is 48.7 Å². The van der Waals surface area contributed by atoms with E-state index in [1.54, 1.807) is 0 Å². The second kappa shape index (κ2) is 5.67. The Morgan fingerprint density at radius 3 is 2.90 bits per heavy atom. The van der Waals surface area contributed by atoms with Gasteiger partial charge >= 0.3 is 0 Å². The molecule has 1 N–H and O–H groups in total. The molecule has 0 saturated carbocycles. The second-order valence-electron chi connectivity index (χ2n) is 5.94. The lowest BCUT2D eigenvalue weighted by Crippen LogP contribution is -2.37. The maximum absolute atomic E-state index is 9.03. The number of fused-ring (bicyclic) bond motifs is 1. The fraction of sp³-hybridized carbons (Fsp3) is 0.333. The smallest absolute Gasteiger partial charge is 0.0991 e. The van der Waals surface area contributed by atoms with Gasteiger partial charge in [0.2, 0.25) is 0 Å². The van der Waals surface area contributed by atoms with Crippen LogP contribution in [0.15, 0.2) is 36.5 Å². The highest BCUT2D eigenvalue weighted by atomic mass is 14.9. The highest BCUT2D eigenvalue weighted by Gasteiger charge is 2.19. The predicted octanol–water partition coefficient (Wildman–Crippen LogP) is 3.51. The average molecular weight is 277 g/mol. The molecule has 0 fully saturated rings. The van der Waals surface area contributed by atoms with E-state index in [-0.39, 0.29) is 0 Å². The summed E-state index contributed by atoms with van der Waals surface area (Å²) < 4.78 is 0. The maximum atomic E-state index is 9.03. The molecule has 1 aliphatic rings. The van der Waals surface area contributed by atoms with E-state index in [4.69, 9.17) is 5.26 Å². The van der Waals surface area contributed by atoms with Crippen LogP contribution in [0.1, 0.15) is 31.5 Å². The lowest BCUT2D eigenvalue weighted by molar-refractivity contribution is 0.412. The molecule has 0 aliphatic carbocycles. The number of pyridine rings is 1. The number of nitrogens with one attached hydrogen (secondary N) is 1. The Morgan fingerprint density at radius 1 is 1.29 bits per heavy atom. The van der Waals surface area contributed by atoms with Gasteiger partial charge in [-0.1, -0.05) is 26.0 Å². The van der Waals surface area contributed by atoms with Crippen LogP contribution in [-0.4, -0.2) is 17.6 Å². The van der Waals surface area contributed by atoms with Gasteiger partial charge in [-0.2, -0.15) is 5.26 Å². The number of benzene rings is 1. The second-order valence-corrected chi connectivity index (χ2v) is 5.94. The van der Waals surface area contributed by atoms with Crippen LogP contribution in [0.4, 0.5) is 0 Å². The molecule has 1 atom stereocenters. The molecular weight excluding hydrogens is 258 g/mol. The first-order valence-corrected chi connectivity index (χ1v) is 7.40. The summed E-state index contributed by atoms with van der Waals surface area (Å²) in [6, 6.07) is 10.5. The van der Waals surface area contributed by atoms with Crippen molar-refractivity contribution in [3.63, 3.8) is 0 Å². The molecule has 2 aromatic rings. The molecule has 21 heavy (non-hydrogen) atoms. The van der Waals surface area contributed by atoms with E-state index in [0.29, 0.717) is 17.5 Å². The Hall–Kier alpha value is -2.18. The minimum Gasteiger partial charge on any atom is -0.310 e. The van der Waals surface area contributed by atoms with Crippen molar-refractivity contribution in [1.29, 1.82) is 5.26 Å². The SMILES string of the molecule is CC(C)C1CC(c2cc3cc(C#N)ccc3cn2)=CCN1. The predicted molar refractivity (Wildman–Crippen MR) is 85.7 cm³/mol. The summed E-state index contributed by atoms with van der Waals surface area (Å²) in [6.45, 7) is 5.39. The lowest BCUT2D eigenvalue weighted by atomic mass is 9.91. The monoisotopic (exact) mass is 277 g/mol. The van der Waals surface area contributed by atoms with Crippen molar-refractivity contribution >= 4 is 16.3 Å². The zero-order chi connectivity index (χ0) is 14.8. The van der Waals surface area contributed by atoms with Gasteiger partial charge < -0.3 is 5.32 Å². The van der Waals surface area contributed by atoms with Crippen LogP contribution in [0.25, 0.3) is 16.3 Å². The number of hydrogen-bond donors (Lipinski definition) is 1. The van der Waals surface area contributed by atoms with Gasteiger partial charge in [-0.05, 0) is 41.5 Å². The first-order chi connectivity index (χ1) is 10.2. The molecule has 106 valence electrons. The van der Waals surface area contributed by atoms with Gasteiger partial charge in [-0.3, -0.25) is 4.98 Å². The average Bonchev–Trinajstić information content (AvgIpc) is 2.53. The van der Waals surface area contributed by atoms with Gasteiger partial charge in [0, 0.05) is 24.2 Å². The van der Waals surface area contributed by atoms with Crippen LogP contribution in [0, 0.1) is 17.2 Å². The van der Waals surface area contributed by atoms with E-state index in [2.05, 4.69) is 42.4 Å². The van der Waals surface area contributed by atoms with Crippen LogP contribution in [0.2, 0.25) is 0 Å². The fourth-order valence-electron chi connectivity index (χ4n) is 2.79. The van der Waals surface area contributed by atoms with Crippen LogP contribution in [-0.2, 0) is 0 Å². The third-order valence-electron chi connectivity index (χ3n) is 4.15. The summed E-state index contributed by atoms with van der Waals surface area (Å²) in [6.07, 6.45) is 5.13. The van der Waals surface area contributed by atoms with Crippen molar-refractivity contribution in [2.45, 2.75) is 26.3 Å². The lowest BCUT2D eigenvalue weighted by Gasteiger charge is -2.27. The number of rotatable bonds is 2. The molecule has 1 aromatic carbocycles.